The van der Waals surface area contributed by atoms with Crippen molar-refractivity contribution in [2.75, 3.05) is 13.7 Å². The van der Waals surface area contributed by atoms with E-state index in [0.717, 1.165) is 19.3 Å². The minimum Gasteiger partial charge on any atom is -0.385 e. The van der Waals surface area contributed by atoms with E-state index in [4.69, 9.17) is 16.3 Å². The van der Waals surface area contributed by atoms with Crippen LogP contribution in [0, 0.1) is 0 Å². The molecule has 0 aromatic heterocycles. The van der Waals surface area contributed by atoms with Gasteiger partial charge in [-0.2, -0.15) is 0 Å². The third-order valence-electron chi connectivity index (χ3n) is 2.85. The fraction of sp³-hybridized carbons (Fsp3) is 0.900. The Labute approximate surface area is 90.1 Å². The molecule has 14 heavy (non-hydrogen) atoms. The van der Waals surface area contributed by atoms with Gasteiger partial charge in [0, 0.05) is 19.3 Å². The molecule has 1 amide bonds. The summed E-state index contributed by atoms with van der Waals surface area (Å²) in [5, 5.41) is 2.56. The highest BCUT2D eigenvalue weighted by molar-refractivity contribution is 6.30. The van der Waals surface area contributed by atoms with Gasteiger partial charge in [-0.1, -0.05) is 0 Å². The molecule has 0 radical (unpaired) electrons. The molecule has 1 N–H and O–H groups in total. The molecule has 1 aliphatic carbocycles. The van der Waals surface area contributed by atoms with E-state index >= 15 is 0 Å². The number of hydrogen-bond donors (Lipinski definition) is 1. The molecule has 1 fully saturated rings. The van der Waals surface area contributed by atoms with Crippen LogP contribution >= 0.6 is 11.6 Å². The van der Waals surface area contributed by atoms with Crippen LogP contribution in [0.4, 0.5) is 0 Å². The van der Waals surface area contributed by atoms with Crippen molar-refractivity contribution >= 4 is 17.5 Å². The Hall–Kier alpha value is -0.280. The molecule has 1 saturated carbocycles. The van der Waals surface area contributed by atoms with Gasteiger partial charge in [-0.15, -0.1) is 11.6 Å². The van der Waals surface area contributed by atoms with Crippen LogP contribution in [0.1, 0.15) is 32.6 Å². The van der Waals surface area contributed by atoms with E-state index in [1.165, 1.54) is 6.42 Å². The van der Waals surface area contributed by atoms with Gasteiger partial charge in [0.1, 0.15) is 5.38 Å². The summed E-state index contributed by atoms with van der Waals surface area (Å²) in [6, 6.07) is 0. The maximum Gasteiger partial charge on any atom is 0.238 e. The summed E-state index contributed by atoms with van der Waals surface area (Å²) in [6.07, 6.45) is 4.16. The van der Waals surface area contributed by atoms with Crippen molar-refractivity contribution in [1.29, 1.82) is 0 Å². The summed E-state index contributed by atoms with van der Waals surface area (Å²) < 4.78 is 5.03. The molecule has 0 heterocycles. The number of ether oxygens (including phenoxy) is 1. The maximum atomic E-state index is 11.4. The van der Waals surface area contributed by atoms with E-state index < -0.39 is 5.38 Å². The van der Waals surface area contributed by atoms with Crippen LogP contribution in [-0.2, 0) is 9.53 Å². The van der Waals surface area contributed by atoms with Crippen LogP contribution in [0.25, 0.3) is 0 Å². The largest absolute Gasteiger partial charge is 0.385 e. The number of rotatable bonds is 5. The summed E-state index contributed by atoms with van der Waals surface area (Å²) in [5.74, 6) is -0.0672. The summed E-state index contributed by atoms with van der Waals surface area (Å²) >= 11 is 5.71. The maximum absolute atomic E-state index is 11.4. The third kappa shape index (κ3) is 2.85. The zero-order valence-electron chi connectivity index (χ0n) is 8.81. The van der Waals surface area contributed by atoms with Crippen molar-refractivity contribution in [3.8, 4) is 0 Å². The van der Waals surface area contributed by atoms with Crippen LogP contribution in [0.5, 0.6) is 0 Å². The standard InChI is InChI=1S/C10H18ClNO2/c1-8(11)9(13)12-10(4-3-5-10)6-7-14-2/h8H,3-7H2,1-2H3,(H,12,13). The second kappa shape index (κ2) is 4.99. The highest BCUT2D eigenvalue weighted by Crippen LogP contribution is 2.35. The average molecular weight is 220 g/mol. The van der Waals surface area contributed by atoms with Gasteiger partial charge in [-0.25, -0.2) is 0 Å². The topological polar surface area (TPSA) is 38.3 Å². The SMILES string of the molecule is COCCC1(NC(=O)C(C)Cl)CCC1. The van der Waals surface area contributed by atoms with E-state index in [1.54, 1.807) is 14.0 Å². The number of carbonyl (C=O) groups is 1. The van der Waals surface area contributed by atoms with E-state index in [0.29, 0.717) is 6.61 Å². The predicted molar refractivity (Wildman–Crippen MR) is 56.5 cm³/mol. The Morgan fingerprint density at radius 1 is 1.64 bits per heavy atom. The Morgan fingerprint density at radius 2 is 2.29 bits per heavy atom. The first-order valence-electron chi connectivity index (χ1n) is 5.05. The second-order valence-electron chi connectivity index (χ2n) is 3.98. The average Bonchev–Trinajstić information content (AvgIpc) is 2.08. The number of amides is 1. The molecular formula is C10H18ClNO2. The van der Waals surface area contributed by atoms with Gasteiger partial charge in [0.05, 0.1) is 0 Å². The van der Waals surface area contributed by atoms with Crippen molar-refractivity contribution in [3.63, 3.8) is 0 Å². The lowest BCUT2D eigenvalue weighted by Gasteiger charge is -2.43. The minimum atomic E-state index is -0.449. The Balaban J connectivity index is 2.41. The van der Waals surface area contributed by atoms with E-state index in [9.17, 15) is 4.79 Å². The highest BCUT2D eigenvalue weighted by atomic mass is 35.5. The molecule has 1 atom stereocenters. The van der Waals surface area contributed by atoms with Crippen molar-refractivity contribution in [2.24, 2.45) is 0 Å². The molecule has 0 bridgehead atoms. The van der Waals surface area contributed by atoms with Crippen molar-refractivity contribution in [3.05, 3.63) is 0 Å². The lowest BCUT2D eigenvalue weighted by molar-refractivity contribution is -0.123. The van der Waals surface area contributed by atoms with Crippen molar-refractivity contribution in [1.82, 2.24) is 5.32 Å². The Bertz CT molecular complexity index is 202. The van der Waals surface area contributed by atoms with Gasteiger partial charge in [-0.05, 0) is 32.6 Å². The molecule has 0 saturated heterocycles. The van der Waals surface area contributed by atoms with Gasteiger partial charge >= 0.3 is 0 Å². The quantitative estimate of drug-likeness (QED) is 0.715. The lowest BCUT2D eigenvalue weighted by atomic mass is 9.74. The first kappa shape index (κ1) is 11.8. The van der Waals surface area contributed by atoms with Crippen LogP contribution in [0.15, 0.2) is 0 Å². The van der Waals surface area contributed by atoms with Gasteiger partial charge in [0.25, 0.3) is 0 Å². The second-order valence-corrected chi connectivity index (χ2v) is 4.64. The summed E-state index contributed by atoms with van der Waals surface area (Å²) in [4.78, 5) is 11.4. The molecular weight excluding hydrogens is 202 g/mol. The smallest absolute Gasteiger partial charge is 0.238 e. The molecule has 0 aliphatic heterocycles. The van der Waals surface area contributed by atoms with Crippen LogP contribution in [0.3, 0.4) is 0 Å². The van der Waals surface area contributed by atoms with E-state index in [1.807, 2.05) is 0 Å². The van der Waals surface area contributed by atoms with Crippen molar-refractivity contribution in [2.45, 2.75) is 43.5 Å². The minimum absolute atomic E-state index is 0.0315. The number of nitrogens with one attached hydrogen (secondary N) is 1. The normalized spacial score (nSPS) is 21.1. The molecule has 4 heteroatoms. The van der Waals surface area contributed by atoms with Gasteiger partial charge < -0.3 is 10.1 Å². The van der Waals surface area contributed by atoms with Crippen LogP contribution in [0.2, 0.25) is 0 Å². The van der Waals surface area contributed by atoms with E-state index in [2.05, 4.69) is 5.32 Å². The zero-order valence-corrected chi connectivity index (χ0v) is 9.56. The third-order valence-corrected chi connectivity index (χ3v) is 3.04. The summed E-state index contributed by atoms with van der Waals surface area (Å²) in [6.45, 7) is 2.39. The van der Waals surface area contributed by atoms with E-state index in [-0.39, 0.29) is 11.4 Å². The summed E-state index contributed by atoms with van der Waals surface area (Å²) in [7, 11) is 1.68. The first-order chi connectivity index (χ1) is 6.59. The number of halogens is 1. The molecule has 1 aliphatic rings. The molecule has 0 aromatic carbocycles. The van der Waals surface area contributed by atoms with Crippen LogP contribution in [-0.4, -0.2) is 30.5 Å². The molecule has 1 rings (SSSR count). The van der Waals surface area contributed by atoms with Crippen LogP contribution < -0.4 is 5.32 Å². The molecule has 0 aromatic rings. The fourth-order valence-electron chi connectivity index (χ4n) is 1.70. The van der Waals surface area contributed by atoms with Gasteiger partial charge in [-0.3, -0.25) is 4.79 Å². The van der Waals surface area contributed by atoms with Gasteiger partial charge in [0.15, 0.2) is 0 Å². The lowest BCUT2D eigenvalue weighted by Crippen LogP contribution is -2.55. The molecule has 0 spiro atoms. The number of alkyl halides is 1. The number of carbonyl (C=O) groups excluding carboxylic acids is 1. The first-order valence-corrected chi connectivity index (χ1v) is 5.48. The summed E-state index contributed by atoms with van der Waals surface area (Å²) in [5.41, 5.74) is -0.0315. The van der Waals surface area contributed by atoms with Crippen molar-refractivity contribution < 1.29 is 9.53 Å². The number of hydrogen-bond acceptors (Lipinski definition) is 2. The highest BCUT2D eigenvalue weighted by Gasteiger charge is 2.38. The fourth-order valence-corrected chi connectivity index (χ4v) is 1.75. The molecule has 3 nitrogen and oxygen atoms in total. The number of methoxy groups -OCH3 is 1. The Morgan fingerprint density at radius 3 is 2.64 bits per heavy atom. The predicted octanol–water partition coefficient (Wildman–Crippen LogP) is 1.69. The monoisotopic (exact) mass is 219 g/mol. The molecule has 1 unspecified atom stereocenters. The van der Waals surface area contributed by atoms with Gasteiger partial charge in [0.2, 0.25) is 5.91 Å². The Kier molecular flexibility index (Phi) is 4.20. The zero-order chi connectivity index (χ0) is 10.6. The molecule has 82 valence electrons.